The van der Waals surface area contributed by atoms with Crippen LogP contribution in [0.15, 0.2) is 35.1 Å². The van der Waals surface area contributed by atoms with Crippen LogP contribution in [0.5, 0.6) is 0 Å². The number of rotatable bonds is 4. The number of fused-ring (bicyclic) bond motifs is 5. The number of benzene rings is 1. The highest BCUT2D eigenvalue weighted by molar-refractivity contribution is 7.19. The lowest BCUT2D eigenvalue weighted by Gasteiger charge is -2.27. The number of piperidine rings is 1. The molecule has 1 aliphatic heterocycles. The van der Waals surface area contributed by atoms with Crippen LogP contribution in [0.25, 0.3) is 15.9 Å². The second kappa shape index (κ2) is 8.41. The number of thiophene rings is 1. The Hall–Kier alpha value is -3.00. The molecule has 0 saturated carbocycles. The van der Waals surface area contributed by atoms with E-state index in [0.717, 1.165) is 61.0 Å². The fraction of sp³-hybridized carbons (Fsp3) is 0.440. The summed E-state index contributed by atoms with van der Waals surface area (Å²) < 4.78 is 3.09. The van der Waals surface area contributed by atoms with E-state index in [1.165, 1.54) is 27.8 Å². The lowest BCUT2D eigenvalue weighted by Crippen LogP contribution is -2.40. The predicted molar refractivity (Wildman–Crippen MR) is 129 cm³/mol. The molecule has 4 heterocycles. The van der Waals surface area contributed by atoms with Gasteiger partial charge in [0.2, 0.25) is 5.91 Å². The van der Waals surface area contributed by atoms with Crippen LogP contribution in [-0.2, 0) is 30.6 Å². The first-order valence-corrected chi connectivity index (χ1v) is 12.7. The minimum Gasteiger partial charge on any atom is -0.341 e. The van der Waals surface area contributed by atoms with Crippen molar-refractivity contribution in [3.8, 4) is 0 Å². The molecule has 1 saturated heterocycles. The van der Waals surface area contributed by atoms with Crippen molar-refractivity contribution in [3.63, 3.8) is 0 Å². The van der Waals surface area contributed by atoms with Crippen LogP contribution in [0.3, 0.4) is 0 Å². The van der Waals surface area contributed by atoms with Crippen LogP contribution in [0.1, 0.15) is 53.9 Å². The van der Waals surface area contributed by atoms with Gasteiger partial charge in [-0.05, 0) is 56.1 Å². The SMILES string of the molecule is O=C(Cn1c(=O)n2nc(Cc3ccccc3)nc2c2c3c(sc21)CCCC3)N1CCCCC1. The Bertz CT molecular complexity index is 1400. The third-order valence-corrected chi connectivity index (χ3v) is 8.21. The smallest absolute Gasteiger partial charge is 0.341 e. The lowest BCUT2D eigenvalue weighted by molar-refractivity contribution is -0.132. The Morgan fingerprint density at radius 3 is 2.61 bits per heavy atom. The van der Waals surface area contributed by atoms with Gasteiger partial charge < -0.3 is 4.90 Å². The summed E-state index contributed by atoms with van der Waals surface area (Å²) in [6.07, 6.45) is 8.14. The number of likely N-dealkylation sites (tertiary alicyclic amines) is 1. The van der Waals surface area contributed by atoms with Gasteiger partial charge in [-0.15, -0.1) is 16.4 Å². The molecule has 0 N–H and O–H groups in total. The second-order valence-corrected chi connectivity index (χ2v) is 10.2. The maximum atomic E-state index is 13.6. The summed E-state index contributed by atoms with van der Waals surface area (Å²) in [6.45, 7) is 1.63. The summed E-state index contributed by atoms with van der Waals surface area (Å²) in [5.74, 6) is 0.656. The van der Waals surface area contributed by atoms with Gasteiger partial charge in [-0.25, -0.2) is 9.78 Å². The number of carbonyl (C=O) groups excluding carboxylic acids is 1. The van der Waals surface area contributed by atoms with Crippen molar-refractivity contribution in [1.82, 2.24) is 24.1 Å². The van der Waals surface area contributed by atoms with Crippen molar-refractivity contribution in [1.29, 1.82) is 0 Å². The van der Waals surface area contributed by atoms with Gasteiger partial charge >= 0.3 is 5.69 Å². The van der Waals surface area contributed by atoms with Crippen LogP contribution in [-0.4, -0.2) is 43.1 Å². The molecular formula is C25H27N5O2S. The van der Waals surface area contributed by atoms with Gasteiger partial charge in [-0.1, -0.05) is 30.3 Å². The molecule has 170 valence electrons. The molecule has 1 fully saturated rings. The first-order chi connectivity index (χ1) is 16.2. The molecule has 1 amide bonds. The van der Waals surface area contributed by atoms with E-state index < -0.39 is 0 Å². The Morgan fingerprint density at radius 2 is 1.79 bits per heavy atom. The molecule has 2 aliphatic rings. The summed E-state index contributed by atoms with van der Waals surface area (Å²) >= 11 is 1.67. The zero-order valence-electron chi connectivity index (χ0n) is 18.6. The topological polar surface area (TPSA) is 72.5 Å². The van der Waals surface area contributed by atoms with Crippen molar-refractivity contribution in [3.05, 3.63) is 62.6 Å². The zero-order valence-corrected chi connectivity index (χ0v) is 19.4. The van der Waals surface area contributed by atoms with E-state index in [-0.39, 0.29) is 18.1 Å². The zero-order chi connectivity index (χ0) is 22.4. The average Bonchev–Trinajstić information content (AvgIpc) is 3.44. The van der Waals surface area contributed by atoms with Gasteiger partial charge in [0.05, 0.1) is 5.39 Å². The Kier molecular flexibility index (Phi) is 5.25. The van der Waals surface area contributed by atoms with E-state index >= 15 is 0 Å². The molecule has 0 unspecified atom stereocenters. The normalized spacial score (nSPS) is 16.4. The third kappa shape index (κ3) is 3.66. The molecule has 0 spiro atoms. The van der Waals surface area contributed by atoms with E-state index in [1.54, 1.807) is 15.9 Å². The molecule has 3 aromatic heterocycles. The van der Waals surface area contributed by atoms with Crippen LogP contribution in [0.4, 0.5) is 0 Å². The van der Waals surface area contributed by atoms with Gasteiger partial charge in [0.1, 0.15) is 11.4 Å². The molecule has 6 rings (SSSR count). The maximum Gasteiger partial charge on any atom is 0.352 e. The van der Waals surface area contributed by atoms with Gasteiger partial charge in [0.25, 0.3) is 0 Å². The monoisotopic (exact) mass is 461 g/mol. The third-order valence-electron chi connectivity index (χ3n) is 6.89. The maximum absolute atomic E-state index is 13.6. The van der Waals surface area contributed by atoms with E-state index in [4.69, 9.17) is 4.98 Å². The van der Waals surface area contributed by atoms with Crippen molar-refractivity contribution in [2.24, 2.45) is 0 Å². The number of hydrogen-bond donors (Lipinski definition) is 0. The van der Waals surface area contributed by atoms with Crippen molar-refractivity contribution in [2.75, 3.05) is 13.1 Å². The number of aromatic nitrogens is 4. The molecule has 4 aromatic rings. The van der Waals surface area contributed by atoms with Gasteiger partial charge in [-0.2, -0.15) is 4.52 Å². The summed E-state index contributed by atoms with van der Waals surface area (Å²) in [6, 6.07) is 10.1. The van der Waals surface area contributed by atoms with Crippen LogP contribution >= 0.6 is 11.3 Å². The minimum absolute atomic E-state index is 0.0217. The predicted octanol–water partition coefficient (Wildman–Crippen LogP) is 3.59. The Morgan fingerprint density at radius 1 is 1.00 bits per heavy atom. The first-order valence-electron chi connectivity index (χ1n) is 11.9. The molecule has 0 atom stereocenters. The number of hydrogen-bond acceptors (Lipinski definition) is 5. The second-order valence-electron chi connectivity index (χ2n) is 9.13. The summed E-state index contributed by atoms with van der Waals surface area (Å²) in [5, 5.41) is 5.64. The summed E-state index contributed by atoms with van der Waals surface area (Å²) in [7, 11) is 0. The number of amides is 1. The Labute approximate surface area is 195 Å². The first kappa shape index (κ1) is 20.6. The fourth-order valence-corrected chi connectivity index (χ4v) is 6.57. The van der Waals surface area contributed by atoms with Gasteiger partial charge in [0, 0.05) is 24.4 Å². The van der Waals surface area contributed by atoms with Crippen molar-refractivity contribution < 1.29 is 4.79 Å². The van der Waals surface area contributed by atoms with Crippen LogP contribution in [0.2, 0.25) is 0 Å². The van der Waals surface area contributed by atoms with E-state index in [0.29, 0.717) is 17.9 Å². The minimum atomic E-state index is -0.270. The highest BCUT2D eigenvalue weighted by Gasteiger charge is 2.26. The number of carbonyl (C=O) groups is 1. The van der Waals surface area contributed by atoms with E-state index in [9.17, 15) is 9.59 Å². The molecule has 0 radical (unpaired) electrons. The van der Waals surface area contributed by atoms with Crippen molar-refractivity contribution >= 4 is 33.1 Å². The molecule has 8 heteroatoms. The molecule has 1 aliphatic carbocycles. The number of aryl methyl sites for hydroxylation is 2. The number of nitrogens with zero attached hydrogens (tertiary/aromatic N) is 5. The van der Waals surface area contributed by atoms with Gasteiger partial charge in [-0.3, -0.25) is 9.36 Å². The van der Waals surface area contributed by atoms with Crippen LogP contribution < -0.4 is 5.69 Å². The summed E-state index contributed by atoms with van der Waals surface area (Å²) in [4.78, 5) is 35.7. The molecule has 0 bridgehead atoms. The van der Waals surface area contributed by atoms with Gasteiger partial charge in [0.15, 0.2) is 11.5 Å². The quantitative estimate of drug-likeness (QED) is 0.466. The largest absolute Gasteiger partial charge is 0.352 e. The van der Waals surface area contributed by atoms with Crippen LogP contribution in [0, 0.1) is 0 Å². The average molecular weight is 462 g/mol. The van der Waals surface area contributed by atoms with E-state index in [2.05, 4.69) is 5.10 Å². The van der Waals surface area contributed by atoms with E-state index in [1.807, 2.05) is 35.2 Å². The standard InChI is InChI=1S/C25H27N5O2S/c31-21(28-13-7-2-8-14-28)16-29-24-22(18-11-5-6-12-19(18)33-24)23-26-20(27-30(23)25(29)32)15-17-9-3-1-4-10-17/h1,3-4,9-10H,2,5-8,11-16H2. The molecule has 1 aromatic carbocycles. The summed E-state index contributed by atoms with van der Waals surface area (Å²) in [5.41, 5.74) is 2.77. The Balaban J connectivity index is 1.50. The molecule has 33 heavy (non-hydrogen) atoms. The molecular weight excluding hydrogens is 434 g/mol. The molecule has 7 nitrogen and oxygen atoms in total. The highest BCUT2D eigenvalue weighted by Crippen LogP contribution is 2.37. The fourth-order valence-electron chi connectivity index (χ4n) is 5.19. The van der Waals surface area contributed by atoms with Crippen molar-refractivity contribution in [2.45, 2.75) is 57.9 Å². The highest BCUT2D eigenvalue weighted by atomic mass is 32.1. The lowest BCUT2D eigenvalue weighted by atomic mass is 9.97.